The molecule has 1 aromatic carbocycles. The van der Waals surface area contributed by atoms with Gasteiger partial charge < -0.3 is 15.2 Å². The number of aryl methyl sites for hydroxylation is 2. The number of alkyl halides is 2. The summed E-state index contributed by atoms with van der Waals surface area (Å²) < 4.78 is 34.1. The monoisotopic (exact) mass is 314 g/mol. The molecule has 1 aliphatic rings. The van der Waals surface area contributed by atoms with Gasteiger partial charge in [-0.05, 0) is 30.5 Å². The lowest BCUT2D eigenvalue weighted by molar-refractivity contribution is -0.118. The van der Waals surface area contributed by atoms with Crippen LogP contribution in [0.3, 0.4) is 0 Å². The van der Waals surface area contributed by atoms with Crippen LogP contribution in [0.25, 0.3) is 0 Å². The van der Waals surface area contributed by atoms with Crippen LogP contribution in [0.15, 0.2) is 12.1 Å². The number of nitrogens with one attached hydrogen (secondary N) is 1. The Morgan fingerprint density at radius 2 is 1.82 bits per heavy atom. The van der Waals surface area contributed by atoms with Crippen molar-refractivity contribution in [1.29, 1.82) is 0 Å². The minimum absolute atomic E-state index is 0.525. The largest absolute Gasteiger partial charge is 0.496 e. The highest BCUT2D eigenvalue weighted by Gasteiger charge is 2.44. The zero-order chi connectivity index (χ0) is 16.3. The number of aliphatic hydroxyl groups excluding tert-OH is 1. The Kier molecular flexibility index (Phi) is 5.36. The summed E-state index contributed by atoms with van der Waals surface area (Å²) in [7, 11) is 1.57. The molecule has 0 unspecified atom stereocenters. The van der Waals surface area contributed by atoms with Crippen molar-refractivity contribution >= 4 is 0 Å². The van der Waals surface area contributed by atoms with Crippen molar-refractivity contribution in [2.24, 2.45) is 0 Å². The quantitative estimate of drug-likeness (QED) is 0.871. The van der Waals surface area contributed by atoms with Crippen LogP contribution in [0, 0.1) is 13.8 Å². The second kappa shape index (κ2) is 6.89. The Bertz CT molecular complexity index is 494. The van der Waals surface area contributed by atoms with E-state index < -0.39 is 18.6 Å². The van der Waals surface area contributed by atoms with Crippen LogP contribution >= 0.6 is 0 Å². The van der Waals surface area contributed by atoms with Gasteiger partial charge in [0.15, 0.2) is 0 Å². The SMILES string of the molecule is COc1c(C)cc([C@H](N2CCNCC2)C(F)(F)CO)cc1C. The molecule has 1 heterocycles. The number of rotatable bonds is 5. The van der Waals surface area contributed by atoms with Crippen LogP contribution < -0.4 is 10.1 Å². The summed E-state index contributed by atoms with van der Waals surface area (Å²) in [4.78, 5) is 1.74. The second-order valence-electron chi connectivity index (χ2n) is 5.80. The Balaban J connectivity index is 2.44. The highest BCUT2D eigenvalue weighted by atomic mass is 19.3. The average Bonchev–Trinajstić information content (AvgIpc) is 2.48. The van der Waals surface area contributed by atoms with Crippen molar-refractivity contribution < 1.29 is 18.6 Å². The lowest BCUT2D eigenvalue weighted by atomic mass is 9.94. The predicted molar refractivity (Wildman–Crippen MR) is 81.7 cm³/mol. The number of methoxy groups -OCH3 is 1. The number of piperazine rings is 1. The number of hydrogen-bond acceptors (Lipinski definition) is 4. The molecule has 0 amide bonds. The van der Waals surface area contributed by atoms with Crippen molar-refractivity contribution in [2.75, 3.05) is 39.9 Å². The van der Waals surface area contributed by atoms with Gasteiger partial charge in [0, 0.05) is 26.2 Å². The molecular formula is C16H24F2N2O2. The van der Waals surface area contributed by atoms with Crippen LogP contribution in [-0.4, -0.2) is 55.8 Å². The molecule has 0 saturated carbocycles. The van der Waals surface area contributed by atoms with Gasteiger partial charge in [-0.3, -0.25) is 4.90 Å². The first-order valence-electron chi connectivity index (χ1n) is 7.49. The van der Waals surface area contributed by atoms with Crippen molar-refractivity contribution in [1.82, 2.24) is 10.2 Å². The zero-order valence-electron chi connectivity index (χ0n) is 13.3. The predicted octanol–water partition coefficient (Wildman–Crippen LogP) is 1.89. The molecule has 0 radical (unpaired) electrons. The van der Waals surface area contributed by atoms with Gasteiger partial charge in [-0.25, -0.2) is 8.78 Å². The smallest absolute Gasteiger partial charge is 0.289 e. The fraction of sp³-hybridized carbons (Fsp3) is 0.625. The third-order valence-corrected chi connectivity index (χ3v) is 4.13. The number of benzene rings is 1. The van der Waals surface area contributed by atoms with E-state index in [-0.39, 0.29) is 0 Å². The summed E-state index contributed by atoms with van der Waals surface area (Å²) in [6, 6.07) is 2.35. The first-order valence-corrected chi connectivity index (χ1v) is 7.49. The zero-order valence-corrected chi connectivity index (χ0v) is 13.3. The first-order chi connectivity index (χ1) is 10.4. The molecule has 6 heteroatoms. The van der Waals surface area contributed by atoms with Crippen LogP contribution in [0.4, 0.5) is 8.78 Å². The van der Waals surface area contributed by atoms with Crippen LogP contribution in [0.5, 0.6) is 5.75 Å². The van der Waals surface area contributed by atoms with Crippen molar-refractivity contribution in [3.63, 3.8) is 0 Å². The standard InChI is InChI=1S/C16H24F2N2O2/c1-11-8-13(9-12(2)14(11)22-3)15(16(17,18)10-21)20-6-4-19-5-7-20/h8-9,15,19,21H,4-7,10H2,1-3H3/t15-/m0/s1. The van der Waals surface area contributed by atoms with E-state index in [4.69, 9.17) is 4.74 Å². The molecule has 0 spiro atoms. The van der Waals surface area contributed by atoms with Gasteiger partial charge in [0.2, 0.25) is 0 Å². The van der Waals surface area contributed by atoms with E-state index in [1.807, 2.05) is 13.8 Å². The van der Waals surface area contributed by atoms with Crippen LogP contribution in [0.1, 0.15) is 22.7 Å². The summed E-state index contributed by atoms with van der Waals surface area (Å²) in [5.41, 5.74) is 2.18. The van der Waals surface area contributed by atoms with Crippen molar-refractivity contribution in [3.05, 3.63) is 28.8 Å². The van der Waals surface area contributed by atoms with E-state index in [0.29, 0.717) is 31.7 Å². The molecule has 22 heavy (non-hydrogen) atoms. The highest BCUT2D eigenvalue weighted by Crippen LogP contribution is 2.39. The maximum Gasteiger partial charge on any atom is 0.289 e. The third-order valence-electron chi connectivity index (χ3n) is 4.13. The second-order valence-corrected chi connectivity index (χ2v) is 5.80. The van der Waals surface area contributed by atoms with Gasteiger partial charge in [-0.15, -0.1) is 0 Å². The normalized spacial score (nSPS) is 18.3. The molecule has 1 saturated heterocycles. The third kappa shape index (κ3) is 3.39. The fourth-order valence-electron chi connectivity index (χ4n) is 3.21. The summed E-state index contributed by atoms with van der Waals surface area (Å²) in [6.45, 7) is 4.95. The Hall–Kier alpha value is -1.24. The summed E-state index contributed by atoms with van der Waals surface area (Å²) in [5.74, 6) is -2.47. The van der Waals surface area contributed by atoms with E-state index in [1.165, 1.54) is 0 Å². The van der Waals surface area contributed by atoms with Gasteiger partial charge in [0.25, 0.3) is 5.92 Å². The molecule has 1 atom stereocenters. The molecule has 2 N–H and O–H groups in total. The molecule has 1 fully saturated rings. The fourth-order valence-corrected chi connectivity index (χ4v) is 3.21. The highest BCUT2D eigenvalue weighted by molar-refractivity contribution is 5.44. The maximum atomic E-state index is 14.4. The minimum Gasteiger partial charge on any atom is -0.496 e. The summed E-state index contributed by atoms with van der Waals surface area (Å²) in [5, 5.41) is 12.3. The molecule has 0 bridgehead atoms. The number of hydrogen-bond donors (Lipinski definition) is 2. The average molecular weight is 314 g/mol. The molecule has 4 nitrogen and oxygen atoms in total. The Labute approximate surface area is 130 Å². The van der Waals surface area contributed by atoms with Crippen molar-refractivity contribution in [3.8, 4) is 5.75 Å². The molecule has 124 valence electrons. The lowest BCUT2D eigenvalue weighted by Crippen LogP contribution is -2.51. The lowest BCUT2D eigenvalue weighted by Gasteiger charge is -2.39. The minimum atomic E-state index is -3.19. The summed E-state index contributed by atoms with van der Waals surface area (Å²) in [6.07, 6.45) is 0. The van der Waals surface area contributed by atoms with Crippen LogP contribution in [-0.2, 0) is 0 Å². The maximum absolute atomic E-state index is 14.4. The van der Waals surface area contributed by atoms with Gasteiger partial charge in [0.05, 0.1) is 7.11 Å². The molecule has 1 aliphatic heterocycles. The van der Waals surface area contributed by atoms with E-state index in [1.54, 1.807) is 24.1 Å². The number of nitrogens with zero attached hydrogens (tertiary/aromatic N) is 1. The molecule has 1 aromatic rings. The molecule has 0 aliphatic carbocycles. The van der Waals surface area contributed by atoms with Crippen LogP contribution in [0.2, 0.25) is 0 Å². The Morgan fingerprint density at radius 1 is 1.27 bits per heavy atom. The van der Waals surface area contributed by atoms with Gasteiger partial charge in [-0.2, -0.15) is 0 Å². The molecule has 0 aromatic heterocycles. The number of halogens is 2. The van der Waals surface area contributed by atoms with E-state index >= 15 is 0 Å². The Morgan fingerprint density at radius 3 is 2.27 bits per heavy atom. The summed E-state index contributed by atoms with van der Waals surface area (Å²) >= 11 is 0. The van der Waals surface area contributed by atoms with Gasteiger partial charge >= 0.3 is 0 Å². The molecular weight excluding hydrogens is 290 g/mol. The molecule has 2 rings (SSSR count). The topological polar surface area (TPSA) is 44.7 Å². The van der Waals surface area contributed by atoms with Gasteiger partial charge in [-0.1, -0.05) is 12.1 Å². The van der Waals surface area contributed by atoms with Gasteiger partial charge in [0.1, 0.15) is 18.4 Å². The van der Waals surface area contributed by atoms with E-state index in [2.05, 4.69) is 5.32 Å². The number of ether oxygens (including phenoxy) is 1. The van der Waals surface area contributed by atoms with Crippen molar-refractivity contribution in [2.45, 2.75) is 25.8 Å². The first kappa shape index (κ1) is 17.1. The van der Waals surface area contributed by atoms with E-state index in [9.17, 15) is 13.9 Å². The number of aliphatic hydroxyl groups is 1. The van der Waals surface area contributed by atoms with E-state index in [0.717, 1.165) is 16.9 Å².